The number of imidazole rings is 1. The standard InChI is InChI=1S/C36H20N4O2/c41-35-25-17-15-19(21-7-5-9-23(31(21)25)33-37-27-11-1-3-13-29(27)39(33)35)20-16-18-26-32-22(20)8-6-10-24(32)34-38-28-12-2-4-14-30(28)40(34)36(26)42/h1-18,27,29H. The normalized spacial score (nSPS) is 17.7. The summed E-state index contributed by atoms with van der Waals surface area (Å²) in [7, 11) is 0. The fourth-order valence-electron chi connectivity index (χ4n) is 7.39. The maximum absolute atomic E-state index is 13.9. The van der Waals surface area contributed by atoms with Crippen molar-refractivity contribution in [1.82, 2.24) is 14.0 Å². The van der Waals surface area contributed by atoms with E-state index in [4.69, 9.17) is 9.98 Å². The molecule has 6 nitrogen and oxygen atoms in total. The average molecular weight is 541 g/mol. The molecule has 5 aromatic carbocycles. The van der Waals surface area contributed by atoms with Crippen molar-refractivity contribution < 1.29 is 0 Å². The second kappa shape index (κ2) is 7.56. The van der Waals surface area contributed by atoms with Gasteiger partial charge in [0.15, 0.2) is 0 Å². The van der Waals surface area contributed by atoms with E-state index in [9.17, 15) is 9.59 Å². The number of pyridine rings is 2. The van der Waals surface area contributed by atoms with Crippen LogP contribution in [0.4, 0.5) is 0 Å². The van der Waals surface area contributed by atoms with Crippen molar-refractivity contribution in [1.29, 1.82) is 0 Å². The Kier molecular flexibility index (Phi) is 3.98. The number of nitrogens with zero attached hydrogens (tertiary/aromatic N) is 4. The van der Waals surface area contributed by atoms with Crippen LogP contribution < -0.4 is 16.6 Å². The first-order valence-corrected chi connectivity index (χ1v) is 14.1. The molecule has 2 atom stereocenters. The summed E-state index contributed by atoms with van der Waals surface area (Å²) in [6, 6.07) is 27.9. The second-order valence-electron chi connectivity index (χ2n) is 11.2. The Morgan fingerprint density at radius 2 is 1.26 bits per heavy atom. The van der Waals surface area contributed by atoms with Crippen molar-refractivity contribution in [3.8, 4) is 11.1 Å². The van der Waals surface area contributed by atoms with Crippen LogP contribution in [0.1, 0.15) is 6.04 Å². The molecule has 0 bridgehead atoms. The van der Waals surface area contributed by atoms with E-state index in [1.807, 2.05) is 77.4 Å². The molecular weight excluding hydrogens is 520 g/mol. The van der Waals surface area contributed by atoms with Gasteiger partial charge in [0.2, 0.25) is 0 Å². The monoisotopic (exact) mass is 540 g/mol. The molecule has 10 rings (SSSR count). The van der Waals surface area contributed by atoms with Crippen LogP contribution >= 0.6 is 0 Å². The number of benzene rings is 5. The van der Waals surface area contributed by atoms with Gasteiger partial charge in [-0.15, -0.1) is 0 Å². The summed E-state index contributed by atoms with van der Waals surface area (Å²) in [6.07, 6.45) is 8.11. The van der Waals surface area contributed by atoms with Crippen molar-refractivity contribution in [3.05, 3.63) is 135 Å². The summed E-state index contributed by atoms with van der Waals surface area (Å²) in [5.74, 6) is 0. The SMILES string of the molecule is O=c1c2ccc(-c3ccc4c(=O)n5c6ccccc6nc5c5cccc3c45)c3cccc(c4n1C1C=CC=CC1N=4)c32. The lowest BCUT2D eigenvalue weighted by molar-refractivity contribution is 0.577. The van der Waals surface area contributed by atoms with E-state index in [1.54, 1.807) is 4.40 Å². The van der Waals surface area contributed by atoms with Gasteiger partial charge in [0.1, 0.15) is 11.1 Å². The number of hydrogen-bond donors (Lipinski definition) is 0. The van der Waals surface area contributed by atoms with Crippen molar-refractivity contribution >= 4 is 59.8 Å². The van der Waals surface area contributed by atoms with Crippen LogP contribution in [0.15, 0.2) is 124 Å². The molecule has 2 unspecified atom stereocenters. The lowest BCUT2D eigenvalue weighted by Gasteiger charge is -2.18. The molecule has 2 aliphatic rings. The molecule has 0 amide bonds. The van der Waals surface area contributed by atoms with Crippen LogP contribution in [-0.2, 0) is 0 Å². The van der Waals surface area contributed by atoms with Crippen molar-refractivity contribution in [3.63, 3.8) is 0 Å². The topological polar surface area (TPSA) is 68.7 Å². The molecule has 196 valence electrons. The largest absolute Gasteiger partial charge is 0.283 e. The Labute approximate surface area is 237 Å². The van der Waals surface area contributed by atoms with E-state index in [2.05, 4.69) is 36.4 Å². The third kappa shape index (κ3) is 2.56. The van der Waals surface area contributed by atoms with Crippen LogP contribution in [0.25, 0.3) is 70.9 Å². The molecule has 1 aliphatic heterocycles. The maximum atomic E-state index is 13.9. The van der Waals surface area contributed by atoms with Crippen LogP contribution in [0.3, 0.4) is 0 Å². The highest BCUT2D eigenvalue weighted by atomic mass is 16.1. The molecule has 3 aromatic heterocycles. The Morgan fingerprint density at radius 1 is 0.595 bits per heavy atom. The predicted octanol–water partition coefficient (Wildman–Crippen LogP) is 6.11. The smallest absolute Gasteiger partial charge is 0.264 e. The van der Waals surface area contributed by atoms with Gasteiger partial charge in [0.25, 0.3) is 11.1 Å². The van der Waals surface area contributed by atoms with Crippen LogP contribution in [0, 0.1) is 0 Å². The highest BCUT2D eigenvalue weighted by Gasteiger charge is 2.30. The highest BCUT2D eigenvalue weighted by molar-refractivity contribution is 6.22. The van der Waals surface area contributed by atoms with Gasteiger partial charge in [-0.1, -0.05) is 85.0 Å². The fourth-order valence-corrected chi connectivity index (χ4v) is 7.39. The minimum absolute atomic E-state index is 0.0159. The zero-order valence-electron chi connectivity index (χ0n) is 22.2. The molecule has 0 saturated heterocycles. The van der Waals surface area contributed by atoms with E-state index in [0.29, 0.717) is 16.4 Å². The number of para-hydroxylation sites is 2. The van der Waals surface area contributed by atoms with Crippen molar-refractivity contribution in [2.24, 2.45) is 4.99 Å². The molecule has 0 spiro atoms. The highest BCUT2D eigenvalue weighted by Crippen LogP contribution is 2.40. The first kappa shape index (κ1) is 22.1. The molecule has 6 heteroatoms. The molecule has 0 fully saturated rings. The Hall–Kier alpha value is -5.62. The molecule has 8 aromatic rings. The Morgan fingerprint density at radius 3 is 2.07 bits per heavy atom. The average Bonchev–Trinajstić information content (AvgIpc) is 3.62. The van der Waals surface area contributed by atoms with Gasteiger partial charge in [-0.2, -0.15) is 0 Å². The molecule has 0 saturated carbocycles. The number of allylic oxidation sites excluding steroid dienone is 2. The molecule has 1 aliphatic carbocycles. The van der Waals surface area contributed by atoms with Gasteiger partial charge < -0.3 is 0 Å². The van der Waals surface area contributed by atoms with Crippen molar-refractivity contribution in [2.75, 3.05) is 0 Å². The van der Waals surface area contributed by atoms with E-state index in [0.717, 1.165) is 60.0 Å². The maximum Gasteiger partial charge on any atom is 0.264 e. The fraction of sp³-hybridized carbons (Fsp3) is 0.0556. The summed E-state index contributed by atoms with van der Waals surface area (Å²) in [4.78, 5) is 37.6. The van der Waals surface area contributed by atoms with Gasteiger partial charge in [-0.25, -0.2) is 4.98 Å². The molecular formula is C36H20N4O2. The van der Waals surface area contributed by atoms with E-state index >= 15 is 0 Å². The molecule has 4 heterocycles. The van der Waals surface area contributed by atoms with E-state index in [-0.39, 0.29) is 23.2 Å². The lowest BCUT2D eigenvalue weighted by Crippen LogP contribution is -2.34. The minimum atomic E-state index is -0.0947. The third-order valence-corrected chi connectivity index (χ3v) is 9.17. The van der Waals surface area contributed by atoms with E-state index < -0.39 is 0 Å². The van der Waals surface area contributed by atoms with Gasteiger partial charge >= 0.3 is 0 Å². The van der Waals surface area contributed by atoms with Gasteiger partial charge in [-0.05, 0) is 46.2 Å². The van der Waals surface area contributed by atoms with Gasteiger partial charge in [-0.3, -0.25) is 23.5 Å². The van der Waals surface area contributed by atoms with Crippen LogP contribution in [0.5, 0.6) is 0 Å². The summed E-state index contributed by atoms with van der Waals surface area (Å²) < 4.78 is 3.58. The number of aromatic nitrogens is 3. The predicted molar refractivity (Wildman–Crippen MR) is 168 cm³/mol. The Bertz CT molecular complexity index is 2750. The summed E-state index contributed by atoms with van der Waals surface area (Å²) in [5, 5.41) is 7.10. The number of fused-ring (bicyclic) bond motifs is 8. The zero-order chi connectivity index (χ0) is 27.7. The van der Waals surface area contributed by atoms with Crippen molar-refractivity contribution in [2.45, 2.75) is 12.1 Å². The van der Waals surface area contributed by atoms with Crippen LogP contribution in [-0.4, -0.2) is 20.0 Å². The molecule has 0 N–H and O–H groups in total. The van der Waals surface area contributed by atoms with E-state index in [1.165, 1.54) is 0 Å². The van der Waals surface area contributed by atoms with Gasteiger partial charge in [0.05, 0.1) is 23.1 Å². The first-order valence-electron chi connectivity index (χ1n) is 14.1. The quantitative estimate of drug-likeness (QED) is 0.252. The van der Waals surface area contributed by atoms with Crippen LogP contribution in [0.2, 0.25) is 0 Å². The third-order valence-electron chi connectivity index (χ3n) is 9.17. The molecule has 42 heavy (non-hydrogen) atoms. The number of rotatable bonds is 1. The number of hydrogen-bond acceptors (Lipinski definition) is 4. The van der Waals surface area contributed by atoms with Gasteiger partial charge in [0, 0.05) is 32.3 Å². The lowest BCUT2D eigenvalue weighted by atomic mass is 9.89. The zero-order valence-corrected chi connectivity index (χ0v) is 22.2. The first-order chi connectivity index (χ1) is 20.7. The Balaban J connectivity index is 1.32. The summed E-state index contributed by atoms with van der Waals surface area (Å²) in [6.45, 7) is 0. The minimum Gasteiger partial charge on any atom is -0.283 e. The summed E-state index contributed by atoms with van der Waals surface area (Å²) in [5.41, 5.74) is 4.96. The summed E-state index contributed by atoms with van der Waals surface area (Å²) >= 11 is 0. The second-order valence-corrected chi connectivity index (χ2v) is 11.2. The molecule has 0 radical (unpaired) electrons.